The van der Waals surface area contributed by atoms with Gasteiger partial charge < -0.3 is 0 Å². The Morgan fingerprint density at radius 1 is 1.33 bits per heavy atom. The number of hydrogen-bond acceptors (Lipinski definition) is 0. The van der Waals surface area contributed by atoms with E-state index >= 15 is 0 Å². The van der Waals surface area contributed by atoms with Gasteiger partial charge in [-0.05, 0) is 42.2 Å². The Morgan fingerprint density at radius 2 is 2.06 bits per heavy atom. The monoisotopic (exact) mass is 306 g/mol. The second-order valence-electron chi connectivity index (χ2n) is 4.96. The topological polar surface area (TPSA) is 0 Å². The Balaban J connectivity index is 3.30. The van der Waals surface area contributed by atoms with Gasteiger partial charge in [0, 0.05) is 4.47 Å². The van der Waals surface area contributed by atoms with Gasteiger partial charge in [-0.2, -0.15) is 0 Å². The largest absolute Gasteiger partial charge is 0.0816 e. The van der Waals surface area contributed by atoms with E-state index in [0.29, 0.717) is 5.92 Å². The minimum Gasteiger partial charge on any atom is -0.0816 e. The lowest BCUT2D eigenvalue weighted by atomic mass is 10.0. The molecule has 1 rings (SSSR count). The maximum absolute atomic E-state index is 3.62. The number of allylic oxidation sites excluding steroid dienone is 2. The molecule has 0 unspecified atom stereocenters. The summed E-state index contributed by atoms with van der Waals surface area (Å²) in [5.74, 6) is 0.695. The van der Waals surface area contributed by atoms with E-state index in [1.165, 1.54) is 20.5 Å². The highest BCUT2D eigenvalue weighted by molar-refractivity contribution is 9.10. The molecule has 0 aliphatic carbocycles. The van der Waals surface area contributed by atoms with E-state index in [1.807, 2.05) is 0 Å². The summed E-state index contributed by atoms with van der Waals surface area (Å²) >= 11 is 3.62. The molecule has 1 aromatic carbocycles. The van der Waals surface area contributed by atoms with E-state index in [9.17, 15) is 0 Å². The number of rotatable bonds is 4. The minimum absolute atomic E-state index is 0.695. The average Bonchev–Trinajstić information content (AvgIpc) is 2.28. The van der Waals surface area contributed by atoms with Crippen LogP contribution in [0.15, 0.2) is 34.3 Å². The highest BCUT2D eigenvalue weighted by Gasteiger charge is 1.99. The third kappa shape index (κ3) is 4.45. The first-order chi connectivity index (χ1) is 8.58. The van der Waals surface area contributed by atoms with Gasteiger partial charge in [0.2, 0.25) is 0 Å². The first-order valence-electron chi connectivity index (χ1n) is 6.70. The zero-order valence-electron chi connectivity index (χ0n) is 11.8. The highest BCUT2D eigenvalue weighted by atomic mass is 79.9. The second-order valence-corrected chi connectivity index (χ2v) is 5.82. The van der Waals surface area contributed by atoms with Gasteiger partial charge in [-0.1, -0.05) is 72.6 Å². The molecule has 0 saturated heterocycles. The fourth-order valence-electron chi connectivity index (χ4n) is 2.12. The van der Waals surface area contributed by atoms with E-state index in [-0.39, 0.29) is 0 Å². The van der Waals surface area contributed by atoms with Crippen molar-refractivity contribution >= 4 is 28.1 Å². The predicted octanol–water partition coefficient (Wildman–Crippen LogP) is 4.41. The molecule has 0 aliphatic rings. The fraction of sp³-hybridized carbons (Fsp3) is 0.412. The van der Waals surface area contributed by atoms with Gasteiger partial charge in [-0.3, -0.25) is 0 Å². The van der Waals surface area contributed by atoms with Crippen molar-refractivity contribution in [2.45, 2.75) is 40.5 Å². The fourth-order valence-corrected chi connectivity index (χ4v) is 2.73. The lowest BCUT2D eigenvalue weighted by Crippen LogP contribution is -2.25. The van der Waals surface area contributed by atoms with Crippen molar-refractivity contribution in [3.8, 4) is 0 Å². The third-order valence-corrected chi connectivity index (χ3v) is 3.52. The van der Waals surface area contributed by atoms with Gasteiger partial charge in [-0.25, -0.2) is 0 Å². The summed E-state index contributed by atoms with van der Waals surface area (Å²) < 4.78 is 1.17. The number of benzene rings is 1. The van der Waals surface area contributed by atoms with Crippen LogP contribution >= 0.6 is 15.9 Å². The second kappa shape index (κ2) is 7.58. The maximum Gasteiger partial charge on any atom is 0.0250 e. The molecule has 0 nitrogen and oxygen atoms in total. The Morgan fingerprint density at radius 3 is 2.61 bits per heavy atom. The molecular formula is C17H23Br. The minimum atomic E-state index is 0.695. The summed E-state index contributed by atoms with van der Waals surface area (Å²) in [5, 5.41) is 2.58. The summed E-state index contributed by atoms with van der Waals surface area (Å²) in [6.07, 6.45) is 9.06. The van der Waals surface area contributed by atoms with E-state index < -0.39 is 0 Å². The van der Waals surface area contributed by atoms with Gasteiger partial charge in [-0.15, -0.1) is 0 Å². The maximum atomic E-state index is 3.62. The van der Waals surface area contributed by atoms with Gasteiger partial charge in [0.05, 0.1) is 0 Å². The Labute approximate surface area is 119 Å². The molecule has 18 heavy (non-hydrogen) atoms. The van der Waals surface area contributed by atoms with Crippen LogP contribution in [0.2, 0.25) is 0 Å². The van der Waals surface area contributed by atoms with Gasteiger partial charge >= 0.3 is 0 Å². The van der Waals surface area contributed by atoms with Crippen LogP contribution in [0.5, 0.6) is 0 Å². The first-order valence-corrected chi connectivity index (χ1v) is 7.49. The van der Waals surface area contributed by atoms with Crippen molar-refractivity contribution in [3.05, 3.63) is 44.8 Å². The highest BCUT2D eigenvalue weighted by Crippen LogP contribution is 2.12. The molecule has 1 heteroatoms. The van der Waals surface area contributed by atoms with E-state index in [1.54, 1.807) is 0 Å². The lowest BCUT2D eigenvalue weighted by Gasteiger charge is -2.06. The van der Waals surface area contributed by atoms with Crippen molar-refractivity contribution in [1.29, 1.82) is 0 Å². The van der Waals surface area contributed by atoms with Gasteiger partial charge in [0.1, 0.15) is 0 Å². The molecule has 0 spiro atoms. The van der Waals surface area contributed by atoms with Gasteiger partial charge in [0.15, 0.2) is 0 Å². The van der Waals surface area contributed by atoms with E-state index in [4.69, 9.17) is 0 Å². The molecule has 0 aliphatic heterocycles. The molecule has 1 aromatic rings. The summed E-state index contributed by atoms with van der Waals surface area (Å²) in [6.45, 7) is 8.82. The van der Waals surface area contributed by atoms with E-state index in [2.05, 4.69) is 80.1 Å². The van der Waals surface area contributed by atoms with Crippen LogP contribution in [0.4, 0.5) is 0 Å². The first kappa shape index (κ1) is 15.2. The lowest BCUT2D eigenvalue weighted by molar-refractivity contribution is 0.652. The quantitative estimate of drug-likeness (QED) is 0.773. The number of hydrogen-bond donors (Lipinski definition) is 0. The predicted molar refractivity (Wildman–Crippen MR) is 85.8 cm³/mol. The van der Waals surface area contributed by atoms with Crippen molar-refractivity contribution < 1.29 is 0 Å². The van der Waals surface area contributed by atoms with Gasteiger partial charge in [0.25, 0.3) is 0 Å². The van der Waals surface area contributed by atoms with Crippen LogP contribution in [0.3, 0.4) is 0 Å². The summed E-state index contributed by atoms with van der Waals surface area (Å²) in [7, 11) is 0. The SMILES string of the molecule is C/C=c1/c(Br)ccc/c1=C/C(=C/CC)CC(C)C. The van der Waals surface area contributed by atoms with Crippen molar-refractivity contribution in [1.82, 2.24) is 0 Å². The molecule has 98 valence electrons. The molecule has 0 N–H and O–H groups in total. The molecule has 0 bridgehead atoms. The average molecular weight is 307 g/mol. The third-order valence-electron chi connectivity index (χ3n) is 2.83. The standard InChI is InChI=1S/C17H23Br/c1-5-8-14(11-13(3)4)12-15-9-7-10-17(18)16(15)6-2/h6-10,12-13H,5,11H2,1-4H3/b14-8+,15-12-,16-6+. The molecule has 0 heterocycles. The molecule has 0 saturated carbocycles. The Hall–Kier alpha value is -0.820. The van der Waals surface area contributed by atoms with Crippen LogP contribution in [0, 0.1) is 5.92 Å². The molecule has 0 radical (unpaired) electrons. The summed E-state index contributed by atoms with van der Waals surface area (Å²) in [4.78, 5) is 0. The van der Waals surface area contributed by atoms with Crippen LogP contribution in [-0.2, 0) is 0 Å². The summed E-state index contributed by atoms with van der Waals surface area (Å²) in [5.41, 5.74) is 1.44. The number of halogens is 1. The molecule has 0 amide bonds. The van der Waals surface area contributed by atoms with Crippen LogP contribution in [0.25, 0.3) is 12.2 Å². The van der Waals surface area contributed by atoms with Crippen LogP contribution in [-0.4, -0.2) is 0 Å². The zero-order valence-corrected chi connectivity index (χ0v) is 13.4. The van der Waals surface area contributed by atoms with Crippen molar-refractivity contribution in [2.75, 3.05) is 0 Å². The van der Waals surface area contributed by atoms with Crippen LogP contribution < -0.4 is 10.4 Å². The Bertz CT molecular complexity index is 521. The molecular weight excluding hydrogens is 284 g/mol. The summed E-state index contributed by atoms with van der Waals surface area (Å²) in [6, 6.07) is 6.38. The smallest absolute Gasteiger partial charge is 0.0250 e. The zero-order chi connectivity index (χ0) is 13.5. The van der Waals surface area contributed by atoms with E-state index in [0.717, 1.165) is 12.8 Å². The molecule has 0 fully saturated rings. The van der Waals surface area contributed by atoms with Crippen LogP contribution in [0.1, 0.15) is 40.5 Å². The molecule has 0 atom stereocenters. The van der Waals surface area contributed by atoms with Crippen molar-refractivity contribution in [3.63, 3.8) is 0 Å². The normalized spacial score (nSPS) is 14.7. The van der Waals surface area contributed by atoms with Crippen molar-refractivity contribution in [2.24, 2.45) is 5.92 Å². The molecule has 0 aromatic heterocycles. The Kier molecular flexibility index (Phi) is 6.42.